The highest BCUT2D eigenvalue weighted by atomic mass is 16.5. The van der Waals surface area contributed by atoms with Gasteiger partial charge >= 0.3 is 0 Å². The number of benzene rings is 1. The molecule has 1 saturated heterocycles. The maximum absolute atomic E-state index is 10.7. The molecule has 3 unspecified atom stereocenters. The largest absolute Gasteiger partial charge is 0.392 e. The van der Waals surface area contributed by atoms with Crippen molar-refractivity contribution in [1.82, 2.24) is 0 Å². The molecule has 1 aromatic carbocycles. The van der Waals surface area contributed by atoms with Gasteiger partial charge in [0.25, 0.3) is 0 Å². The fourth-order valence-electron chi connectivity index (χ4n) is 3.64. The maximum Gasteiger partial charge on any atom is 0.0686 e. The SMILES string of the molecule is CC(c1ccccc1)C(O)C1CCOC2(CCC2)C1. The van der Waals surface area contributed by atoms with Crippen molar-refractivity contribution < 1.29 is 9.84 Å². The minimum atomic E-state index is -0.247. The Kier molecular flexibility index (Phi) is 3.64. The van der Waals surface area contributed by atoms with Crippen LogP contribution in [0.4, 0.5) is 0 Å². The Labute approximate surface area is 115 Å². The quantitative estimate of drug-likeness (QED) is 0.901. The fraction of sp³-hybridized carbons (Fsp3) is 0.647. The van der Waals surface area contributed by atoms with Crippen LogP contribution in [0.2, 0.25) is 0 Å². The molecule has 1 aliphatic heterocycles. The van der Waals surface area contributed by atoms with E-state index in [1.165, 1.54) is 24.8 Å². The number of rotatable bonds is 3. The number of aliphatic hydroxyl groups excluding tert-OH is 1. The van der Waals surface area contributed by atoms with E-state index < -0.39 is 0 Å². The molecule has 19 heavy (non-hydrogen) atoms. The van der Waals surface area contributed by atoms with Crippen LogP contribution < -0.4 is 0 Å². The molecule has 0 aromatic heterocycles. The molecule has 3 atom stereocenters. The Hall–Kier alpha value is -0.860. The molecule has 1 N–H and O–H groups in total. The van der Waals surface area contributed by atoms with Crippen molar-refractivity contribution in [2.45, 2.75) is 56.7 Å². The van der Waals surface area contributed by atoms with Gasteiger partial charge in [0.2, 0.25) is 0 Å². The van der Waals surface area contributed by atoms with Crippen LogP contribution in [0.1, 0.15) is 50.5 Å². The first-order valence-corrected chi connectivity index (χ1v) is 7.57. The summed E-state index contributed by atoms with van der Waals surface area (Å²) < 4.78 is 5.96. The van der Waals surface area contributed by atoms with Gasteiger partial charge in [-0.25, -0.2) is 0 Å². The van der Waals surface area contributed by atoms with Gasteiger partial charge in [-0.05, 0) is 43.6 Å². The minimum absolute atomic E-state index is 0.125. The molecule has 2 heteroatoms. The molecule has 0 bridgehead atoms. The highest BCUT2D eigenvalue weighted by molar-refractivity contribution is 5.20. The van der Waals surface area contributed by atoms with Crippen LogP contribution in [0.3, 0.4) is 0 Å². The lowest BCUT2D eigenvalue weighted by atomic mass is 9.69. The van der Waals surface area contributed by atoms with Crippen molar-refractivity contribution in [3.05, 3.63) is 35.9 Å². The van der Waals surface area contributed by atoms with Crippen LogP contribution in [0.5, 0.6) is 0 Å². The van der Waals surface area contributed by atoms with Crippen LogP contribution in [-0.2, 0) is 4.74 Å². The third-order valence-electron chi connectivity index (χ3n) is 5.12. The zero-order valence-electron chi connectivity index (χ0n) is 11.7. The third kappa shape index (κ3) is 2.56. The Balaban J connectivity index is 1.67. The highest BCUT2D eigenvalue weighted by Crippen LogP contribution is 2.46. The van der Waals surface area contributed by atoms with Crippen LogP contribution in [0.15, 0.2) is 30.3 Å². The lowest BCUT2D eigenvalue weighted by Gasteiger charge is -2.48. The van der Waals surface area contributed by atoms with E-state index in [2.05, 4.69) is 31.2 Å². The Bertz CT molecular complexity index is 411. The summed E-state index contributed by atoms with van der Waals surface area (Å²) in [7, 11) is 0. The van der Waals surface area contributed by atoms with E-state index in [1.807, 2.05) is 6.07 Å². The van der Waals surface area contributed by atoms with Gasteiger partial charge in [0.15, 0.2) is 0 Å². The van der Waals surface area contributed by atoms with Gasteiger partial charge in [-0.2, -0.15) is 0 Å². The summed E-state index contributed by atoms with van der Waals surface area (Å²) in [4.78, 5) is 0. The normalized spacial score (nSPS) is 28.6. The Morgan fingerprint density at radius 3 is 2.63 bits per heavy atom. The molecule has 0 radical (unpaired) electrons. The van der Waals surface area contributed by atoms with Crippen LogP contribution >= 0.6 is 0 Å². The summed E-state index contributed by atoms with van der Waals surface area (Å²) >= 11 is 0. The number of hydrogen-bond acceptors (Lipinski definition) is 2. The fourth-order valence-corrected chi connectivity index (χ4v) is 3.64. The average Bonchev–Trinajstić information content (AvgIpc) is 2.45. The second-order valence-corrected chi connectivity index (χ2v) is 6.33. The zero-order chi connectivity index (χ0) is 13.3. The van der Waals surface area contributed by atoms with E-state index in [0.29, 0.717) is 5.92 Å². The molecule has 2 fully saturated rings. The topological polar surface area (TPSA) is 29.5 Å². The van der Waals surface area contributed by atoms with Gasteiger partial charge < -0.3 is 9.84 Å². The van der Waals surface area contributed by atoms with E-state index in [1.54, 1.807) is 0 Å². The van der Waals surface area contributed by atoms with Crippen molar-refractivity contribution in [3.8, 4) is 0 Å². The van der Waals surface area contributed by atoms with Crippen molar-refractivity contribution in [2.24, 2.45) is 5.92 Å². The molecule has 1 heterocycles. The number of ether oxygens (including phenoxy) is 1. The summed E-state index contributed by atoms with van der Waals surface area (Å²) in [5.41, 5.74) is 1.37. The monoisotopic (exact) mass is 260 g/mol. The van der Waals surface area contributed by atoms with E-state index >= 15 is 0 Å². The molecule has 0 amide bonds. The Morgan fingerprint density at radius 1 is 1.26 bits per heavy atom. The summed E-state index contributed by atoms with van der Waals surface area (Å²) in [5.74, 6) is 0.602. The first kappa shape index (κ1) is 13.1. The molecule has 104 valence electrons. The van der Waals surface area contributed by atoms with E-state index in [9.17, 15) is 5.11 Å². The van der Waals surface area contributed by atoms with Crippen LogP contribution in [0.25, 0.3) is 0 Å². The van der Waals surface area contributed by atoms with Gasteiger partial charge in [-0.3, -0.25) is 0 Å². The van der Waals surface area contributed by atoms with Crippen molar-refractivity contribution in [3.63, 3.8) is 0 Å². The molecule has 1 aromatic rings. The van der Waals surface area contributed by atoms with Gasteiger partial charge in [0.1, 0.15) is 0 Å². The summed E-state index contributed by atoms with van der Waals surface area (Å²) in [5, 5.41) is 10.7. The first-order chi connectivity index (χ1) is 9.20. The summed E-state index contributed by atoms with van der Waals surface area (Å²) in [6, 6.07) is 10.4. The van der Waals surface area contributed by atoms with Gasteiger partial charge in [0, 0.05) is 12.5 Å². The van der Waals surface area contributed by atoms with E-state index in [-0.39, 0.29) is 17.6 Å². The molecule has 1 saturated carbocycles. The van der Waals surface area contributed by atoms with Crippen LogP contribution in [0, 0.1) is 5.92 Å². The molecule has 3 rings (SSSR count). The van der Waals surface area contributed by atoms with E-state index in [0.717, 1.165) is 19.4 Å². The second kappa shape index (κ2) is 5.26. The van der Waals surface area contributed by atoms with Crippen molar-refractivity contribution >= 4 is 0 Å². The second-order valence-electron chi connectivity index (χ2n) is 6.33. The lowest BCUT2D eigenvalue weighted by molar-refractivity contribution is -0.158. The van der Waals surface area contributed by atoms with Gasteiger partial charge in [0.05, 0.1) is 11.7 Å². The van der Waals surface area contributed by atoms with Crippen molar-refractivity contribution in [1.29, 1.82) is 0 Å². The molecular formula is C17H24O2. The number of aliphatic hydroxyl groups is 1. The molecule has 2 aliphatic rings. The smallest absolute Gasteiger partial charge is 0.0686 e. The predicted molar refractivity (Wildman–Crippen MR) is 76.1 cm³/mol. The third-order valence-corrected chi connectivity index (χ3v) is 5.12. The molecule has 1 aliphatic carbocycles. The maximum atomic E-state index is 10.7. The van der Waals surface area contributed by atoms with Crippen molar-refractivity contribution in [2.75, 3.05) is 6.61 Å². The minimum Gasteiger partial charge on any atom is -0.392 e. The molecule has 2 nitrogen and oxygen atoms in total. The molecule has 1 spiro atoms. The summed E-state index contributed by atoms with van der Waals surface area (Å²) in [6.45, 7) is 2.96. The first-order valence-electron chi connectivity index (χ1n) is 7.57. The zero-order valence-corrected chi connectivity index (χ0v) is 11.7. The number of hydrogen-bond donors (Lipinski definition) is 1. The van der Waals surface area contributed by atoms with Gasteiger partial charge in [-0.1, -0.05) is 37.3 Å². The molecular weight excluding hydrogens is 236 g/mol. The Morgan fingerprint density at radius 2 is 2.00 bits per heavy atom. The summed E-state index contributed by atoms with van der Waals surface area (Å²) in [6.07, 6.45) is 5.47. The average molecular weight is 260 g/mol. The lowest BCUT2D eigenvalue weighted by Crippen LogP contribution is -2.48. The highest BCUT2D eigenvalue weighted by Gasteiger charge is 2.44. The van der Waals surface area contributed by atoms with Gasteiger partial charge in [-0.15, -0.1) is 0 Å². The van der Waals surface area contributed by atoms with E-state index in [4.69, 9.17) is 4.74 Å². The standard InChI is InChI=1S/C17H24O2/c1-13(14-6-3-2-4-7-14)16(18)15-8-11-19-17(12-15)9-5-10-17/h2-4,6-7,13,15-16,18H,5,8-12H2,1H3. The van der Waals surface area contributed by atoms with Crippen LogP contribution in [-0.4, -0.2) is 23.4 Å². The predicted octanol–water partition coefficient (Wildman–Crippen LogP) is 3.50.